The quantitative estimate of drug-likeness (QED) is 0.463. The second kappa shape index (κ2) is 8.65. The first-order valence-electron chi connectivity index (χ1n) is 9.29. The van der Waals surface area contributed by atoms with Crippen LogP contribution in [-0.4, -0.2) is 20.1 Å². The highest BCUT2D eigenvalue weighted by atomic mass is 32.2. The predicted molar refractivity (Wildman–Crippen MR) is 109 cm³/mol. The predicted octanol–water partition coefficient (Wildman–Crippen LogP) is 5.06. The van der Waals surface area contributed by atoms with Crippen molar-refractivity contribution in [2.45, 2.75) is 57.3 Å². The van der Waals surface area contributed by atoms with Gasteiger partial charge in [0.05, 0.1) is 17.2 Å². The van der Waals surface area contributed by atoms with Crippen molar-refractivity contribution in [3.63, 3.8) is 0 Å². The van der Waals surface area contributed by atoms with Crippen LogP contribution in [0.15, 0.2) is 47.4 Å². The molecule has 27 heavy (non-hydrogen) atoms. The van der Waals surface area contributed by atoms with Crippen LogP contribution in [0.1, 0.15) is 52.5 Å². The summed E-state index contributed by atoms with van der Waals surface area (Å²) in [6.07, 6.45) is 2.88. The number of anilines is 1. The van der Waals surface area contributed by atoms with E-state index in [1.807, 2.05) is 6.07 Å². The summed E-state index contributed by atoms with van der Waals surface area (Å²) < 4.78 is 33.4. The second-order valence-electron chi connectivity index (χ2n) is 7.25. The summed E-state index contributed by atoms with van der Waals surface area (Å²) in [6.45, 7) is 8.91. The lowest BCUT2D eigenvalue weighted by atomic mass is 9.82. The number of ether oxygens (including phenoxy) is 1. The normalized spacial score (nSPS) is 12.0. The lowest BCUT2D eigenvalue weighted by Crippen LogP contribution is -2.17. The largest absolute Gasteiger partial charge is 0.506 e. The molecule has 0 amide bonds. The maximum absolute atomic E-state index is 12.7. The molecule has 2 rings (SSSR count). The molecule has 0 aliphatic carbocycles. The Morgan fingerprint density at radius 1 is 1.07 bits per heavy atom. The van der Waals surface area contributed by atoms with Crippen LogP contribution in [0.4, 0.5) is 5.69 Å². The third kappa shape index (κ3) is 5.39. The highest BCUT2D eigenvalue weighted by molar-refractivity contribution is 7.92. The van der Waals surface area contributed by atoms with Crippen molar-refractivity contribution in [1.82, 2.24) is 0 Å². The molecule has 2 aromatic rings. The van der Waals surface area contributed by atoms with Gasteiger partial charge < -0.3 is 9.84 Å². The summed E-state index contributed by atoms with van der Waals surface area (Å²) in [4.78, 5) is 0.116. The van der Waals surface area contributed by atoms with Gasteiger partial charge >= 0.3 is 0 Å². The molecule has 148 valence electrons. The Hall–Kier alpha value is -2.21. The number of aromatic hydroxyl groups is 1. The second-order valence-corrected chi connectivity index (χ2v) is 8.93. The van der Waals surface area contributed by atoms with Gasteiger partial charge in [0, 0.05) is 0 Å². The maximum Gasteiger partial charge on any atom is 0.262 e. The molecule has 0 aromatic heterocycles. The van der Waals surface area contributed by atoms with E-state index in [4.69, 9.17) is 4.74 Å². The van der Waals surface area contributed by atoms with Gasteiger partial charge in [-0.25, -0.2) is 8.42 Å². The molecule has 0 bridgehead atoms. The highest BCUT2D eigenvalue weighted by Crippen LogP contribution is 2.34. The van der Waals surface area contributed by atoms with Crippen molar-refractivity contribution in [3.8, 4) is 11.5 Å². The number of nitrogens with one attached hydrogen (secondary N) is 1. The Balaban J connectivity index is 2.22. The Labute approximate surface area is 162 Å². The van der Waals surface area contributed by atoms with Crippen molar-refractivity contribution in [3.05, 3.63) is 48.0 Å². The lowest BCUT2D eigenvalue weighted by molar-refractivity contribution is 0.309. The fourth-order valence-electron chi connectivity index (χ4n) is 2.50. The van der Waals surface area contributed by atoms with Gasteiger partial charge in [0.2, 0.25) is 0 Å². The van der Waals surface area contributed by atoms with E-state index in [0.717, 1.165) is 24.8 Å². The molecule has 0 fully saturated rings. The first-order valence-corrected chi connectivity index (χ1v) is 10.8. The van der Waals surface area contributed by atoms with Gasteiger partial charge in [0.1, 0.15) is 11.5 Å². The Bertz CT molecular complexity index is 858. The maximum atomic E-state index is 12.7. The minimum absolute atomic E-state index is 0.103. The van der Waals surface area contributed by atoms with Crippen molar-refractivity contribution >= 4 is 15.7 Å². The SMILES string of the molecule is CCCCOc1ccc(S(=O)(=O)Nc2cc(C(C)(C)CC)ccc2O)cc1. The van der Waals surface area contributed by atoms with E-state index >= 15 is 0 Å². The van der Waals surface area contributed by atoms with E-state index in [2.05, 4.69) is 32.4 Å². The number of unbranched alkanes of at least 4 members (excludes halogenated alkanes) is 1. The van der Waals surface area contributed by atoms with Gasteiger partial charge in [-0.1, -0.05) is 40.2 Å². The Morgan fingerprint density at radius 3 is 2.33 bits per heavy atom. The molecule has 0 saturated carbocycles. The van der Waals surface area contributed by atoms with Crippen LogP contribution in [-0.2, 0) is 15.4 Å². The van der Waals surface area contributed by atoms with Crippen LogP contribution in [0, 0.1) is 0 Å². The molecule has 2 aromatic carbocycles. The van der Waals surface area contributed by atoms with Gasteiger partial charge in [-0.3, -0.25) is 4.72 Å². The van der Waals surface area contributed by atoms with Crippen LogP contribution >= 0.6 is 0 Å². The van der Waals surface area contributed by atoms with Crippen LogP contribution in [0.5, 0.6) is 11.5 Å². The highest BCUT2D eigenvalue weighted by Gasteiger charge is 2.21. The first-order chi connectivity index (χ1) is 12.7. The first kappa shape index (κ1) is 21.1. The van der Waals surface area contributed by atoms with Gasteiger partial charge in [0.15, 0.2) is 0 Å². The lowest BCUT2D eigenvalue weighted by Gasteiger charge is -2.24. The third-order valence-electron chi connectivity index (χ3n) is 4.81. The Morgan fingerprint density at radius 2 is 1.74 bits per heavy atom. The molecule has 0 saturated heterocycles. The minimum atomic E-state index is -3.81. The van der Waals surface area contributed by atoms with Crippen LogP contribution in [0.3, 0.4) is 0 Å². The van der Waals surface area contributed by atoms with Crippen molar-refractivity contribution in [2.24, 2.45) is 0 Å². The van der Waals surface area contributed by atoms with E-state index in [9.17, 15) is 13.5 Å². The summed E-state index contributed by atoms with van der Waals surface area (Å²) in [5, 5.41) is 10.1. The summed E-state index contributed by atoms with van der Waals surface area (Å²) in [5.41, 5.74) is 1.02. The zero-order valence-electron chi connectivity index (χ0n) is 16.5. The zero-order valence-corrected chi connectivity index (χ0v) is 17.3. The van der Waals surface area contributed by atoms with Crippen LogP contribution < -0.4 is 9.46 Å². The van der Waals surface area contributed by atoms with Crippen LogP contribution in [0.25, 0.3) is 0 Å². The molecule has 0 spiro atoms. The summed E-state index contributed by atoms with van der Waals surface area (Å²) in [6, 6.07) is 11.3. The molecule has 0 heterocycles. The molecule has 0 aliphatic rings. The minimum Gasteiger partial charge on any atom is -0.506 e. The van der Waals surface area contributed by atoms with Crippen molar-refractivity contribution in [1.29, 1.82) is 0 Å². The Kier molecular flexibility index (Phi) is 6.76. The zero-order chi connectivity index (χ0) is 20.1. The van der Waals surface area contributed by atoms with Gasteiger partial charge in [0.25, 0.3) is 10.0 Å². The number of hydrogen-bond donors (Lipinski definition) is 2. The molecular weight excluding hydrogens is 362 g/mol. The van der Waals surface area contributed by atoms with Crippen molar-refractivity contribution in [2.75, 3.05) is 11.3 Å². The van der Waals surface area contributed by atoms with Crippen molar-refractivity contribution < 1.29 is 18.3 Å². The standard InChI is InChI=1S/C21H29NO4S/c1-5-7-14-26-17-9-11-18(12-10-17)27(24,25)22-19-15-16(8-13-20(19)23)21(3,4)6-2/h8-13,15,22-23H,5-7,14H2,1-4H3. The van der Waals surface area contributed by atoms with Gasteiger partial charge in [-0.05, 0) is 60.2 Å². The fraction of sp³-hybridized carbons (Fsp3) is 0.429. The molecule has 0 unspecified atom stereocenters. The number of phenolic OH excluding ortho intramolecular Hbond substituents is 1. The number of benzene rings is 2. The van der Waals surface area contributed by atoms with E-state index in [-0.39, 0.29) is 21.7 Å². The van der Waals surface area contributed by atoms with E-state index in [1.165, 1.54) is 18.2 Å². The smallest absolute Gasteiger partial charge is 0.262 e. The summed E-state index contributed by atoms with van der Waals surface area (Å²) in [7, 11) is -3.81. The molecule has 2 N–H and O–H groups in total. The summed E-state index contributed by atoms with van der Waals surface area (Å²) in [5.74, 6) is 0.533. The molecule has 5 nitrogen and oxygen atoms in total. The summed E-state index contributed by atoms with van der Waals surface area (Å²) >= 11 is 0. The van der Waals surface area contributed by atoms with E-state index < -0.39 is 10.0 Å². The average Bonchev–Trinajstić information content (AvgIpc) is 2.64. The van der Waals surface area contributed by atoms with Gasteiger partial charge in [-0.15, -0.1) is 0 Å². The monoisotopic (exact) mass is 391 g/mol. The molecular formula is C21H29NO4S. The fourth-order valence-corrected chi connectivity index (χ4v) is 3.56. The molecule has 0 aliphatic heterocycles. The van der Waals surface area contributed by atoms with E-state index in [0.29, 0.717) is 12.4 Å². The molecule has 0 atom stereocenters. The number of hydrogen-bond acceptors (Lipinski definition) is 4. The number of sulfonamides is 1. The van der Waals surface area contributed by atoms with Crippen LogP contribution in [0.2, 0.25) is 0 Å². The average molecular weight is 392 g/mol. The number of phenols is 1. The van der Waals surface area contributed by atoms with Gasteiger partial charge in [-0.2, -0.15) is 0 Å². The number of rotatable bonds is 9. The third-order valence-corrected chi connectivity index (χ3v) is 6.19. The van der Waals surface area contributed by atoms with E-state index in [1.54, 1.807) is 18.2 Å². The molecule has 0 radical (unpaired) electrons. The molecule has 6 heteroatoms. The topological polar surface area (TPSA) is 75.6 Å².